The van der Waals surface area contributed by atoms with E-state index in [9.17, 15) is 9.59 Å². The van der Waals surface area contributed by atoms with Gasteiger partial charge in [-0.05, 0) is 51.5 Å². The third-order valence-electron chi connectivity index (χ3n) is 2.73. The van der Waals surface area contributed by atoms with Gasteiger partial charge in [-0.15, -0.1) is 0 Å². The van der Waals surface area contributed by atoms with Crippen LogP contribution in [0.15, 0.2) is 24.3 Å². The molecule has 0 heterocycles. The monoisotopic (exact) mass is 293 g/mol. The summed E-state index contributed by atoms with van der Waals surface area (Å²) in [4.78, 5) is 22.7. The first kappa shape index (κ1) is 17.2. The van der Waals surface area contributed by atoms with Crippen molar-refractivity contribution in [3.05, 3.63) is 29.8 Å². The van der Waals surface area contributed by atoms with Crippen molar-refractivity contribution in [3.8, 4) is 5.75 Å². The molecule has 0 saturated heterocycles. The first-order valence-corrected chi connectivity index (χ1v) is 7.11. The van der Waals surface area contributed by atoms with Gasteiger partial charge in [0.1, 0.15) is 5.75 Å². The summed E-state index contributed by atoms with van der Waals surface area (Å²) in [6.07, 6.45) is 0.985. The predicted octanol–water partition coefficient (Wildman–Crippen LogP) is 2.20. The van der Waals surface area contributed by atoms with Gasteiger partial charge in [0.05, 0.1) is 6.10 Å². The Balaban J connectivity index is 2.19. The molecular formula is C16H23NO4. The van der Waals surface area contributed by atoms with Crippen LogP contribution in [0, 0.1) is 0 Å². The first-order valence-electron chi connectivity index (χ1n) is 7.11. The van der Waals surface area contributed by atoms with Crippen LogP contribution in [0.2, 0.25) is 0 Å². The lowest BCUT2D eigenvalue weighted by Crippen LogP contribution is -2.30. The Morgan fingerprint density at radius 2 is 1.86 bits per heavy atom. The standard InChI is InChI=1S/C16H23NO4/c1-12(2)20-10-4-9-17-16(19)11-21-15-7-5-14(6-8-15)13(3)18/h5-8,12H,4,9-11H2,1-3H3,(H,17,19). The van der Waals surface area contributed by atoms with E-state index in [0.29, 0.717) is 24.5 Å². The summed E-state index contributed by atoms with van der Waals surface area (Å²) in [5.74, 6) is 0.399. The normalized spacial score (nSPS) is 10.5. The van der Waals surface area contributed by atoms with Crippen LogP contribution in [0.3, 0.4) is 0 Å². The summed E-state index contributed by atoms with van der Waals surface area (Å²) in [5.41, 5.74) is 0.622. The number of nitrogens with one attached hydrogen (secondary N) is 1. The maximum absolute atomic E-state index is 11.6. The van der Waals surface area contributed by atoms with Crippen LogP contribution in [-0.2, 0) is 9.53 Å². The fourth-order valence-corrected chi connectivity index (χ4v) is 1.60. The molecule has 0 aromatic heterocycles. The van der Waals surface area contributed by atoms with Gasteiger partial charge in [-0.25, -0.2) is 0 Å². The fourth-order valence-electron chi connectivity index (χ4n) is 1.60. The molecule has 21 heavy (non-hydrogen) atoms. The molecular weight excluding hydrogens is 270 g/mol. The van der Waals surface area contributed by atoms with Crippen LogP contribution < -0.4 is 10.1 Å². The van der Waals surface area contributed by atoms with Crippen LogP contribution in [-0.4, -0.2) is 37.6 Å². The number of Topliss-reactive ketones (excluding diaryl/α,β-unsaturated/α-hetero) is 1. The molecule has 0 bridgehead atoms. The fraction of sp³-hybridized carbons (Fsp3) is 0.500. The Morgan fingerprint density at radius 1 is 1.19 bits per heavy atom. The maximum Gasteiger partial charge on any atom is 0.257 e. The van der Waals surface area contributed by atoms with Crippen molar-refractivity contribution >= 4 is 11.7 Å². The molecule has 1 aromatic carbocycles. The van der Waals surface area contributed by atoms with Crippen molar-refractivity contribution in [2.45, 2.75) is 33.3 Å². The summed E-state index contributed by atoms with van der Waals surface area (Å²) in [6.45, 7) is 6.62. The topological polar surface area (TPSA) is 64.6 Å². The van der Waals surface area contributed by atoms with Crippen LogP contribution in [0.1, 0.15) is 37.6 Å². The third-order valence-corrected chi connectivity index (χ3v) is 2.73. The summed E-state index contributed by atoms with van der Waals surface area (Å²) in [7, 11) is 0. The van der Waals surface area contributed by atoms with E-state index in [2.05, 4.69) is 5.32 Å². The van der Waals surface area contributed by atoms with E-state index < -0.39 is 0 Å². The summed E-state index contributed by atoms with van der Waals surface area (Å²) >= 11 is 0. The number of rotatable bonds is 9. The average molecular weight is 293 g/mol. The lowest BCUT2D eigenvalue weighted by atomic mass is 10.1. The lowest BCUT2D eigenvalue weighted by molar-refractivity contribution is -0.123. The highest BCUT2D eigenvalue weighted by atomic mass is 16.5. The molecule has 0 aliphatic heterocycles. The molecule has 0 spiro atoms. The van der Waals surface area contributed by atoms with Gasteiger partial charge in [0.15, 0.2) is 12.4 Å². The minimum atomic E-state index is -0.171. The second kappa shape index (κ2) is 9.13. The molecule has 0 aliphatic carbocycles. The second-order valence-electron chi connectivity index (χ2n) is 4.99. The third kappa shape index (κ3) is 7.46. The molecule has 1 rings (SSSR count). The molecule has 0 aliphatic rings. The number of carbonyl (C=O) groups is 2. The summed E-state index contributed by atoms with van der Waals surface area (Å²) < 4.78 is 10.7. The van der Waals surface area contributed by atoms with E-state index in [0.717, 1.165) is 6.42 Å². The van der Waals surface area contributed by atoms with Crippen LogP contribution in [0.4, 0.5) is 0 Å². The van der Waals surface area contributed by atoms with E-state index in [-0.39, 0.29) is 24.4 Å². The van der Waals surface area contributed by atoms with E-state index in [1.165, 1.54) is 6.92 Å². The SMILES string of the molecule is CC(=O)c1ccc(OCC(=O)NCCCOC(C)C)cc1. The van der Waals surface area contributed by atoms with E-state index in [1.807, 2.05) is 13.8 Å². The van der Waals surface area contributed by atoms with Gasteiger partial charge in [0, 0.05) is 18.7 Å². The Hall–Kier alpha value is -1.88. The molecule has 116 valence electrons. The maximum atomic E-state index is 11.6. The van der Waals surface area contributed by atoms with Crippen LogP contribution in [0.5, 0.6) is 5.75 Å². The Morgan fingerprint density at radius 3 is 2.43 bits per heavy atom. The molecule has 0 radical (unpaired) electrons. The van der Waals surface area contributed by atoms with Gasteiger partial charge in [0.2, 0.25) is 0 Å². The highest BCUT2D eigenvalue weighted by Crippen LogP contribution is 2.12. The van der Waals surface area contributed by atoms with Crippen LogP contribution in [0.25, 0.3) is 0 Å². The van der Waals surface area contributed by atoms with Gasteiger partial charge in [-0.3, -0.25) is 9.59 Å². The molecule has 0 atom stereocenters. The van der Waals surface area contributed by atoms with Gasteiger partial charge in [-0.1, -0.05) is 0 Å². The highest BCUT2D eigenvalue weighted by Gasteiger charge is 2.03. The molecule has 1 aromatic rings. The Labute approximate surface area is 125 Å². The smallest absolute Gasteiger partial charge is 0.257 e. The minimum absolute atomic E-state index is 0.00269. The van der Waals surface area contributed by atoms with E-state index in [1.54, 1.807) is 24.3 Å². The molecule has 0 unspecified atom stereocenters. The Bertz CT molecular complexity index is 454. The number of hydrogen-bond acceptors (Lipinski definition) is 4. The van der Waals surface area contributed by atoms with Gasteiger partial charge < -0.3 is 14.8 Å². The molecule has 5 heteroatoms. The van der Waals surface area contributed by atoms with E-state index >= 15 is 0 Å². The van der Waals surface area contributed by atoms with E-state index in [4.69, 9.17) is 9.47 Å². The summed E-state index contributed by atoms with van der Waals surface area (Å²) in [5, 5.41) is 2.76. The molecule has 5 nitrogen and oxygen atoms in total. The van der Waals surface area contributed by atoms with Crippen molar-refractivity contribution in [1.29, 1.82) is 0 Å². The largest absolute Gasteiger partial charge is 0.484 e. The lowest BCUT2D eigenvalue weighted by Gasteiger charge is -2.09. The van der Waals surface area contributed by atoms with Gasteiger partial charge in [-0.2, -0.15) is 0 Å². The van der Waals surface area contributed by atoms with Crippen molar-refractivity contribution in [1.82, 2.24) is 5.32 Å². The zero-order chi connectivity index (χ0) is 15.7. The zero-order valence-electron chi connectivity index (χ0n) is 12.8. The van der Waals surface area contributed by atoms with Crippen molar-refractivity contribution in [2.24, 2.45) is 0 Å². The highest BCUT2D eigenvalue weighted by molar-refractivity contribution is 5.94. The number of hydrogen-bond donors (Lipinski definition) is 1. The first-order chi connectivity index (χ1) is 9.99. The number of ketones is 1. The molecule has 0 saturated carbocycles. The van der Waals surface area contributed by atoms with Crippen molar-refractivity contribution < 1.29 is 19.1 Å². The zero-order valence-corrected chi connectivity index (χ0v) is 12.8. The van der Waals surface area contributed by atoms with Crippen LogP contribution >= 0.6 is 0 Å². The quantitative estimate of drug-likeness (QED) is 0.560. The van der Waals surface area contributed by atoms with Gasteiger partial charge in [0.25, 0.3) is 5.91 Å². The number of benzene rings is 1. The number of carbonyl (C=O) groups excluding carboxylic acids is 2. The Kier molecular flexibility index (Phi) is 7.46. The molecule has 0 fully saturated rings. The predicted molar refractivity (Wildman–Crippen MR) is 80.7 cm³/mol. The second-order valence-corrected chi connectivity index (χ2v) is 4.99. The molecule has 1 amide bonds. The average Bonchev–Trinajstić information content (AvgIpc) is 2.44. The van der Waals surface area contributed by atoms with Gasteiger partial charge >= 0.3 is 0 Å². The van der Waals surface area contributed by atoms with Crippen molar-refractivity contribution in [2.75, 3.05) is 19.8 Å². The number of amides is 1. The number of ether oxygens (including phenoxy) is 2. The molecule has 1 N–H and O–H groups in total. The minimum Gasteiger partial charge on any atom is -0.484 e. The van der Waals surface area contributed by atoms with Crippen molar-refractivity contribution in [3.63, 3.8) is 0 Å². The summed E-state index contributed by atoms with van der Waals surface area (Å²) in [6, 6.07) is 6.72.